The molecule has 23 heavy (non-hydrogen) atoms. The first-order chi connectivity index (χ1) is 11.2. The second-order valence-corrected chi connectivity index (χ2v) is 6.40. The van der Waals surface area contributed by atoms with Crippen LogP contribution in [0, 0.1) is 13.8 Å². The lowest BCUT2D eigenvalue weighted by Crippen LogP contribution is -1.97. The molecule has 1 aliphatic heterocycles. The minimum absolute atomic E-state index is 0.258. The molecule has 1 aliphatic rings. The fourth-order valence-electron chi connectivity index (χ4n) is 2.84. The fraction of sp³-hybridized carbons (Fsp3) is 0.167. The number of rotatable bonds is 3. The van der Waals surface area contributed by atoms with Crippen LogP contribution in [0.15, 0.2) is 41.9 Å². The molecule has 0 bridgehead atoms. The van der Waals surface area contributed by atoms with Gasteiger partial charge in [-0.15, -0.1) is 11.3 Å². The standard InChI is InChI=1S/C18H16N2O2S/c1-11-3-4-13(12(2)9-11)16-14(20-18-19-7-8-23-18)5-6-15-17(16)22-10-21-15/h3-9H,10H2,1-2H3,(H,19,20). The maximum Gasteiger partial charge on any atom is 0.231 e. The maximum absolute atomic E-state index is 5.75. The third-order valence-electron chi connectivity index (χ3n) is 3.86. The van der Waals surface area contributed by atoms with E-state index < -0.39 is 0 Å². The number of benzene rings is 2. The summed E-state index contributed by atoms with van der Waals surface area (Å²) in [6.45, 7) is 4.47. The van der Waals surface area contributed by atoms with Crippen molar-refractivity contribution >= 4 is 22.2 Å². The van der Waals surface area contributed by atoms with Crippen molar-refractivity contribution in [3.8, 4) is 22.6 Å². The van der Waals surface area contributed by atoms with Gasteiger partial charge in [0.1, 0.15) is 0 Å². The number of hydrogen-bond acceptors (Lipinski definition) is 5. The number of anilines is 2. The lowest BCUT2D eigenvalue weighted by atomic mass is 9.96. The van der Waals surface area contributed by atoms with Crippen LogP contribution in [0.2, 0.25) is 0 Å². The van der Waals surface area contributed by atoms with E-state index in [1.165, 1.54) is 11.1 Å². The summed E-state index contributed by atoms with van der Waals surface area (Å²) in [4.78, 5) is 4.31. The van der Waals surface area contributed by atoms with Crippen LogP contribution in [0.4, 0.5) is 10.8 Å². The Morgan fingerprint density at radius 3 is 2.83 bits per heavy atom. The summed E-state index contributed by atoms with van der Waals surface area (Å²) in [5.74, 6) is 1.57. The Bertz CT molecular complexity index is 860. The number of ether oxygens (including phenoxy) is 2. The number of aryl methyl sites for hydroxylation is 2. The zero-order valence-electron chi connectivity index (χ0n) is 12.9. The normalized spacial score (nSPS) is 12.4. The van der Waals surface area contributed by atoms with E-state index >= 15 is 0 Å². The van der Waals surface area contributed by atoms with Crippen molar-refractivity contribution < 1.29 is 9.47 Å². The Labute approximate surface area is 138 Å². The van der Waals surface area contributed by atoms with Crippen molar-refractivity contribution in [1.82, 2.24) is 4.98 Å². The first-order valence-electron chi connectivity index (χ1n) is 7.39. The Morgan fingerprint density at radius 1 is 1.13 bits per heavy atom. The molecule has 4 nitrogen and oxygen atoms in total. The van der Waals surface area contributed by atoms with E-state index in [-0.39, 0.29) is 6.79 Å². The van der Waals surface area contributed by atoms with Gasteiger partial charge in [0.05, 0.1) is 11.3 Å². The van der Waals surface area contributed by atoms with Gasteiger partial charge in [-0.2, -0.15) is 0 Å². The lowest BCUT2D eigenvalue weighted by Gasteiger charge is -2.15. The van der Waals surface area contributed by atoms with Crippen LogP contribution >= 0.6 is 11.3 Å². The Hall–Kier alpha value is -2.53. The highest BCUT2D eigenvalue weighted by Gasteiger charge is 2.23. The van der Waals surface area contributed by atoms with Crippen molar-refractivity contribution in [2.75, 3.05) is 12.1 Å². The summed E-state index contributed by atoms with van der Waals surface area (Å²) in [5.41, 5.74) is 5.57. The Kier molecular flexibility index (Phi) is 3.42. The molecule has 0 spiro atoms. The molecule has 0 saturated heterocycles. The lowest BCUT2D eigenvalue weighted by molar-refractivity contribution is 0.174. The van der Waals surface area contributed by atoms with Gasteiger partial charge in [0, 0.05) is 11.6 Å². The highest BCUT2D eigenvalue weighted by Crippen LogP contribution is 2.47. The van der Waals surface area contributed by atoms with Gasteiger partial charge in [-0.25, -0.2) is 4.98 Å². The van der Waals surface area contributed by atoms with Crippen LogP contribution in [0.5, 0.6) is 11.5 Å². The predicted octanol–water partition coefficient (Wildman–Crippen LogP) is 4.90. The van der Waals surface area contributed by atoms with Crippen LogP contribution in [-0.4, -0.2) is 11.8 Å². The van der Waals surface area contributed by atoms with Gasteiger partial charge in [-0.05, 0) is 37.1 Å². The van der Waals surface area contributed by atoms with Crippen molar-refractivity contribution in [3.63, 3.8) is 0 Å². The smallest absolute Gasteiger partial charge is 0.231 e. The molecule has 0 saturated carbocycles. The molecule has 5 heteroatoms. The molecule has 0 aliphatic carbocycles. The molecule has 2 aromatic carbocycles. The molecule has 0 unspecified atom stereocenters. The maximum atomic E-state index is 5.75. The van der Waals surface area contributed by atoms with E-state index in [1.54, 1.807) is 17.5 Å². The van der Waals surface area contributed by atoms with E-state index in [4.69, 9.17) is 9.47 Å². The highest BCUT2D eigenvalue weighted by atomic mass is 32.1. The number of fused-ring (bicyclic) bond motifs is 1. The SMILES string of the molecule is Cc1ccc(-c2c(Nc3nccs3)ccc3c2OCO3)c(C)c1. The highest BCUT2D eigenvalue weighted by molar-refractivity contribution is 7.13. The van der Waals surface area contributed by atoms with Crippen LogP contribution in [0.1, 0.15) is 11.1 Å². The molecule has 0 radical (unpaired) electrons. The third kappa shape index (κ3) is 2.53. The summed E-state index contributed by atoms with van der Waals surface area (Å²) in [7, 11) is 0. The number of thiazole rings is 1. The van der Waals surface area contributed by atoms with Crippen molar-refractivity contribution in [1.29, 1.82) is 0 Å². The summed E-state index contributed by atoms with van der Waals surface area (Å²) in [6, 6.07) is 10.4. The molecule has 4 rings (SSSR count). The molecule has 2 heterocycles. The zero-order valence-corrected chi connectivity index (χ0v) is 13.7. The Balaban J connectivity index is 1.90. The van der Waals surface area contributed by atoms with Gasteiger partial charge < -0.3 is 14.8 Å². The number of hydrogen-bond donors (Lipinski definition) is 1. The van der Waals surface area contributed by atoms with Crippen molar-refractivity contribution in [2.45, 2.75) is 13.8 Å². The van der Waals surface area contributed by atoms with Gasteiger partial charge in [0.15, 0.2) is 16.6 Å². The zero-order chi connectivity index (χ0) is 15.8. The van der Waals surface area contributed by atoms with Crippen LogP contribution in [-0.2, 0) is 0 Å². The van der Waals surface area contributed by atoms with E-state index in [2.05, 4.69) is 42.3 Å². The molecular weight excluding hydrogens is 308 g/mol. The molecule has 0 amide bonds. The monoisotopic (exact) mass is 324 g/mol. The van der Waals surface area contributed by atoms with Gasteiger partial charge in [0.2, 0.25) is 6.79 Å². The third-order valence-corrected chi connectivity index (χ3v) is 4.55. The van der Waals surface area contributed by atoms with E-state index in [0.29, 0.717) is 0 Å². The van der Waals surface area contributed by atoms with Gasteiger partial charge >= 0.3 is 0 Å². The minimum Gasteiger partial charge on any atom is -0.454 e. The molecule has 1 aromatic heterocycles. The second kappa shape index (κ2) is 5.59. The first kappa shape index (κ1) is 14.1. The Morgan fingerprint density at radius 2 is 2.04 bits per heavy atom. The fourth-order valence-corrected chi connectivity index (χ4v) is 3.38. The van der Waals surface area contributed by atoms with Crippen LogP contribution in [0.3, 0.4) is 0 Å². The number of nitrogens with zero attached hydrogens (tertiary/aromatic N) is 1. The van der Waals surface area contributed by atoms with E-state index in [1.807, 2.05) is 17.5 Å². The molecule has 1 N–H and O–H groups in total. The average molecular weight is 324 g/mol. The van der Waals surface area contributed by atoms with Gasteiger partial charge in [-0.1, -0.05) is 23.8 Å². The predicted molar refractivity (Wildman–Crippen MR) is 92.9 cm³/mol. The minimum atomic E-state index is 0.258. The molecule has 116 valence electrons. The summed E-state index contributed by atoms with van der Waals surface area (Å²) >= 11 is 1.57. The van der Waals surface area contributed by atoms with Crippen molar-refractivity contribution in [2.24, 2.45) is 0 Å². The molecule has 0 atom stereocenters. The summed E-state index contributed by atoms with van der Waals surface area (Å²) < 4.78 is 11.3. The largest absolute Gasteiger partial charge is 0.454 e. The quantitative estimate of drug-likeness (QED) is 0.744. The second-order valence-electron chi connectivity index (χ2n) is 5.50. The van der Waals surface area contributed by atoms with E-state index in [0.717, 1.165) is 33.4 Å². The molecular formula is C18H16N2O2S. The summed E-state index contributed by atoms with van der Waals surface area (Å²) in [5, 5.41) is 6.20. The van der Waals surface area contributed by atoms with Gasteiger partial charge in [-0.3, -0.25) is 0 Å². The average Bonchev–Trinajstić information content (AvgIpc) is 3.19. The van der Waals surface area contributed by atoms with Crippen LogP contribution < -0.4 is 14.8 Å². The van der Waals surface area contributed by atoms with E-state index in [9.17, 15) is 0 Å². The van der Waals surface area contributed by atoms with Crippen molar-refractivity contribution in [3.05, 3.63) is 53.0 Å². The molecule has 0 fully saturated rings. The van der Waals surface area contributed by atoms with Gasteiger partial charge in [0.25, 0.3) is 0 Å². The first-order valence-corrected chi connectivity index (χ1v) is 8.27. The summed E-state index contributed by atoms with van der Waals surface area (Å²) in [6.07, 6.45) is 1.79. The van der Waals surface area contributed by atoms with Crippen LogP contribution in [0.25, 0.3) is 11.1 Å². The number of nitrogens with one attached hydrogen (secondary N) is 1. The topological polar surface area (TPSA) is 43.4 Å². The molecule has 3 aromatic rings. The number of aromatic nitrogens is 1.